The van der Waals surface area contributed by atoms with Crippen molar-refractivity contribution in [1.29, 1.82) is 0 Å². The molecule has 2 amide bonds. The summed E-state index contributed by atoms with van der Waals surface area (Å²) >= 11 is 7.35. The third-order valence-electron chi connectivity index (χ3n) is 6.32. The summed E-state index contributed by atoms with van der Waals surface area (Å²) in [5.74, 6) is -0.572. The van der Waals surface area contributed by atoms with Gasteiger partial charge < -0.3 is 20.2 Å². The average molecular weight is 465 g/mol. The Morgan fingerprint density at radius 2 is 1.87 bits per heavy atom. The molecule has 0 saturated carbocycles. The van der Waals surface area contributed by atoms with E-state index in [1.165, 1.54) is 24.2 Å². The second-order valence-electron chi connectivity index (χ2n) is 8.40. The first-order valence-electron chi connectivity index (χ1n) is 10.8. The Bertz CT molecular complexity index is 936. The molecule has 2 N–H and O–H groups in total. The van der Waals surface area contributed by atoms with Crippen LogP contribution < -0.4 is 5.32 Å². The Labute approximate surface area is 191 Å². The van der Waals surface area contributed by atoms with Gasteiger partial charge in [-0.05, 0) is 56.6 Å². The number of benzene rings is 1. The van der Waals surface area contributed by atoms with Gasteiger partial charge in [0, 0.05) is 41.9 Å². The number of amides is 2. The summed E-state index contributed by atoms with van der Waals surface area (Å²) in [6, 6.07) is 6.90. The molecule has 2 saturated heterocycles. The summed E-state index contributed by atoms with van der Waals surface area (Å²) in [4.78, 5) is 32.8. The highest BCUT2D eigenvalue weighted by Gasteiger charge is 2.31. The van der Waals surface area contributed by atoms with Crippen LogP contribution in [0.3, 0.4) is 0 Å². The minimum Gasteiger partial charge on any atom is -0.394 e. The number of hydrogen-bond acceptors (Lipinski definition) is 6. The van der Waals surface area contributed by atoms with Gasteiger partial charge in [0.05, 0.1) is 11.5 Å². The van der Waals surface area contributed by atoms with E-state index in [1.54, 1.807) is 17.0 Å². The maximum absolute atomic E-state index is 13.0. The van der Waals surface area contributed by atoms with Crippen molar-refractivity contribution >= 4 is 44.8 Å². The molecule has 0 aliphatic carbocycles. The lowest BCUT2D eigenvalue weighted by Crippen LogP contribution is -2.58. The van der Waals surface area contributed by atoms with Crippen LogP contribution in [0.25, 0.3) is 10.1 Å². The van der Waals surface area contributed by atoms with Crippen molar-refractivity contribution in [1.82, 2.24) is 20.0 Å². The molecule has 1 atom stereocenters. The summed E-state index contributed by atoms with van der Waals surface area (Å²) in [5, 5.41) is 14.0. The van der Waals surface area contributed by atoms with E-state index >= 15 is 0 Å². The van der Waals surface area contributed by atoms with Crippen LogP contribution >= 0.6 is 22.9 Å². The van der Waals surface area contributed by atoms with E-state index in [9.17, 15) is 14.7 Å². The number of rotatable bonds is 5. The number of aliphatic hydroxyl groups excluding tert-OH is 1. The first-order valence-corrected chi connectivity index (χ1v) is 12.0. The van der Waals surface area contributed by atoms with Crippen LogP contribution in [-0.2, 0) is 4.79 Å². The lowest BCUT2D eigenvalue weighted by Gasteiger charge is -2.42. The van der Waals surface area contributed by atoms with Gasteiger partial charge in [-0.15, -0.1) is 11.3 Å². The molecule has 7 nitrogen and oxygen atoms in total. The molecular weight excluding hydrogens is 436 g/mol. The molecule has 0 bridgehead atoms. The van der Waals surface area contributed by atoms with Crippen LogP contribution in [0, 0.1) is 0 Å². The third kappa shape index (κ3) is 5.21. The van der Waals surface area contributed by atoms with E-state index in [2.05, 4.69) is 22.2 Å². The number of aliphatic hydroxyl groups is 1. The summed E-state index contributed by atoms with van der Waals surface area (Å²) in [7, 11) is 2.16. The molecule has 9 heteroatoms. The molecule has 1 aromatic carbocycles. The molecule has 0 unspecified atom stereocenters. The van der Waals surface area contributed by atoms with Crippen LogP contribution in [0.2, 0.25) is 5.02 Å². The number of piperazine rings is 1. The van der Waals surface area contributed by atoms with Gasteiger partial charge in [-0.2, -0.15) is 0 Å². The third-order valence-corrected chi connectivity index (χ3v) is 7.65. The van der Waals surface area contributed by atoms with Crippen LogP contribution in [0.15, 0.2) is 24.3 Å². The van der Waals surface area contributed by atoms with Crippen LogP contribution in [0.4, 0.5) is 0 Å². The fraction of sp³-hybridized carbons (Fsp3) is 0.545. The first-order chi connectivity index (χ1) is 14.9. The van der Waals surface area contributed by atoms with Gasteiger partial charge in [0.1, 0.15) is 6.04 Å². The number of hydrogen-bond donors (Lipinski definition) is 2. The number of piperidine rings is 1. The molecular formula is C22H29ClN4O3S. The van der Waals surface area contributed by atoms with E-state index < -0.39 is 12.6 Å². The highest BCUT2D eigenvalue weighted by molar-refractivity contribution is 7.20. The predicted octanol–water partition coefficient (Wildman–Crippen LogP) is 1.88. The molecule has 1 aromatic heterocycles. The molecule has 3 heterocycles. The van der Waals surface area contributed by atoms with Gasteiger partial charge in [0.2, 0.25) is 5.91 Å². The highest BCUT2D eigenvalue weighted by atomic mass is 35.5. The molecule has 2 fully saturated rings. The number of thiophene rings is 1. The fourth-order valence-electron chi connectivity index (χ4n) is 4.42. The lowest BCUT2D eigenvalue weighted by molar-refractivity contribution is -0.136. The normalized spacial score (nSPS) is 20.2. The Hall–Kier alpha value is -1.71. The number of nitrogens with one attached hydrogen (secondary N) is 1. The predicted molar refractivity (Wildman–Crippen MR) is 124 cm³/mol. The van der Waals surface area contributed by atoms with Crippen molar-refractivity contribution in [3.05, 3.63) is 34.2 Å². The molecule has 0 radical (unpaired) electrons. The SMILES string of the molecule is CN1CCC(N2CCN(C(=O)[C@H](CO)NC(=O)c3cc4ccc(Cl)cc4s3)CC2)CC1. The highest BCUT2D eigenvalue weighted by Crippen LogP contribution is 2.28. The number of fused-ring (bicyclic) bond motifs is 1. The van der Waals surface area contributed by atoms with Crippen LogP contribution in [0.1, 0.15) is 22.5 Å². The van der Waals surface area contributed by atoms with Crippen molar-refractivity contribution in [2.24, 2.45) is 0 Å². The number of carbonyl (C=O) groups is 2. The van der Waals surface area contributed by atoms with Gasteiger partial charge in [-0.25, -0.2) is 0 Å². The number of likely N-dealkylation sites (tertiary alicyclic amines) is 1. The Kier molecular flexibility index (Phi) is 7.13. The minimum absolute atomic E-state index is 0.219. The molecule has 4 rings (SSSR count). The lowest BCUT2D eigenvalue weighted by atomic mass is 10.0. The van der Waals surface area contributed by atoms with Crippen molar-refractivity contribution in [2.45, 2.75) is 24.9 Å². The zero-order valence-corrected chi connectivity index (χ0v) is 19.3. The minimum atomic E-state index is -0.934. The maximum atomic E-state index is 13.0. The number of halogens is 1. The van der Waals surface area contributed by atoms with E-state index in [4.69, 9.17) is 11.6 Å². The molecule has 2 aromatic rings. The van der Waals surface area contributed by atoms with Gasteiger partial charge in [0.15, 0.2) is 0 Å². The molecule has 2 aliphatic heterocycles. The van der Waals surface area contributed by atoms with Gasteiger partial charge in [-0.1, -0.05) is 17.7 Å². The van der Waals surface area contributed by atoms with Crippen molar-refractivity contribution in [2.75, 3.05) is 52.9 Å². The largest absolute Gasteiger partial charge is 0.394 e. The number of carbonyl (C=O) groups excluding carboxylic acids is 2. The van der Waals surface area contributed by atoms with E-state index in [-0.39, 0.29) is 11.8 Å². The van der Waals surface area contributed by atoms with Crippen molar-refractivity contribution < 1.29 is 14.7 Å². The topological polar surface area (TPSA) is 76.1 Å². The zero-order valence-electron chi connectivity index (χ0n) is 17.7. The zero-order chi connectivity index (χ0) is 22.0. The van der Waals surface area contributed by atoms with Gasteiger partial charge >= 0.3 is 0 Å². The van der Waals surface area contributed by atoms with Gasteiger partial charge in [-0.3, -0.25) is 14.5 Å². The Balaban J connectivity index is 1.33. The molecule has 0 spiro atoms. The second-order valence-corrected chi connectivity index (χ2v) is 9.92. The smallest absolute Gasteiger partial charge is 0.262 e. The Morgan fingerprint density at radius 1 is 1.16 bits per heavy atom. The van der Waals surface area contributed by atoms with Crippen LogP contribution in [-0.4, -0.2) is 96.6 Å². The summed E-state index contributed by atoms with van der Waals surface area (Å²) < 4.78 is 0.912. The second kappa shape index (κ2) is 9.83. The van der Waals surface area contributed by atoms with Crippen LogP contribution in [0.5, 0.6) is 0 Å². The van der Waals surface area contributed by atoms with E-state index in [1.807, 2.05) is 12.1 Å². The van der Waals surface area contributed by atoms with Crippen molar-refractivity contribution in [3.63, 3.8) is 0 Å². The molecule has 31 heavy (non-hydrogen) atoms. The average Bonchev–Trinajstić information content (AvgIpc) is 3.21. The van der Waals surface area contributed by atoms with Gasteiger partial charge in [0.25, 0.3) is 5.91 Å². The number of nitrogens with zero attached hydrogens (tertiary/aromatic N) is 3. The first kappa shape index (κ1) is 22.5. The fourth-order valence-corrected chi connectivity index (χ4v) is 5.66. The molecule has 2 aliphatic rings. The summed E-state index contributed by atoms with van der Waals surface area (Å²) in [5.41, 5.74) is 0. The van der Waals surface area contributed by atoms with E-state index in [0.717, 1.165) is 36.3 Å². The Morgan fingerprint density at radius 3 is 2.55 bits per heavy atom. The summed E-state index contributed by atoms with van der Waals surface area (Å²) in [6.07, 6.45) is 2.33. The molecule has 168 valence electrons. The quantitative estimate of drug-likeness (QED) is 0.706. The standard InChI is InChI=1S/C22H29ClN4O3S/c1-25-6-4-17(5-7-25)26-8-10-27(11-9-26)22(30)18(14-28)24-21(29)20-12-15-2-3-16(23)13-19(15)31-20/h2-3,12-13,17-18,28H,4-11,14H2,1H3,(H,24,29)/t18-/m0/s1. The van der Waals surface area contributed by atoms with Crippen molar-refractivity contribution in [3.8, 4) is 0 Å². The maximum Gasteiger partial charge on any atom is 0.262 e. The summed E-state index contributed by atoms with van der Waals surface area (Å²) in [6.45, 7) is 4.74. The van der Waals surface area contributed by atoms with E-state index in [0.29, 0.717) is 29.0 Å². The monoisotopic (exact) mass is 464 g/mol.